The van der Waals surface area contributed by atoms with Gasteiger partial charge < -0.3 is 4.74 Å². The van der Waals surface area contributed by atoms with Crippen molar-refractivity contribution in [3.05, 3.63) is 64.9 Å². The summed E-state index contributed by atoms with van der Waals surface area (Å²) in [5.74, 6) is 0.953. The second-order valence-corrected chi connectivity index (χ2v) is 5.23. The molecule has 18 heavy (non-hydrogen) atoms. The zero-order chi connectivity index (χ0) is 12.4. The molecule has 0 radical (unpaired) electrons. The van der Waals surface area contributed by atoms with Gasteiger partial charge in [0.2, 0.25) is 0 Å². The van der Waals surface area contributed by atoms with E-state index in [1.807, 2.05) is 18.2 Å². The molecule has 2 heteroatoms. The molecule has 0 aliphatic rings. The van der Waals surface area contributed by atoms with Crippen LogP contribution < -0.4 is 4.74 Å². The van der Waals surface area contributed by atoms with Crippen LogP contribution in [-0.4, -0.2) is 0 Å². The molecule has 3 rings (SSSR count). The van der Waals surface area contributed by atoms with Crippen molar-refractivity contribution >= 4 is 22.1 Å². The molecule has 2 aromatic carbocycles. The largest absolute Gasteiger partial charge is 0.485 e. The molecule has 0 N–H and O–H groups in total. The minimum atomic E-state index is 0.0933. The van der Waals surface area contributed by atoms with E-state index in [9.17, 15) is 0 Å². The van der Waals surface area contributed by atoms with E-state index in [0.717, 1.165) is 5.75 Å². The van der Waals surface area contributed by atoms with Crippen LogP contribution in [0.15, 0.2) is 60.0 Å². The van der Waals surface area contributed by atoms with Crippen LogP contribution in [0.5, 0.6) is 5.75 Å². The zero-order valence-electron chi connectivity index (χ0n) is 10.2. The third-order valence-corrected chi connectivity index (χ3v) is 4.03. The number of thiophene rings is 1. The van der Waals surface area contributed by atoms with Gasteiger partial charge in [0.15, 0.2) is 0 Å². The van der Waals surface area contributed by atoms with Crippen LogP contribution in [-0.2, 0) is 0 Å². The Balaban J connectivity index is 1.95. The van der Waals surface area contributed by atoms with Crippen molar-refractivity contribution < 1.29 is 4.74 Å². The molecular formula is C16H14OS. The Labute approximate surface area is 111 Å². The van der Waals surface area contributed by atoms with E-state index in [-0.39, 0.29) is 6.10 Å². The first-order valence-electron chi connectivity index (χ1n) is 6.02. The van der Waals surface area contributed by atoms with Crippen molar-refractivity contribution in [2.75, 3.05) is 0 Å². The molecule has 1 nitrogen and oxygen atoms in total. The van der Waals surface area contributed by atoms with Crippen LogP contribution in [0.2, 0.25) is 0 Å². The highest BCUT2D eigenvalue weighted by atomic mass is 32.1. The molecule has 1 unspecified atom stereocenters. The van der Waals surface area contributed by atoms with Crippen LogP contribution in [0, 0.1) is 0 Å². The first-order chi connectivity index (χ1) is 8.84. The lowest BCUT2D eigenvalue weighted by Gasteiger charge is -2.15. The third-order valence-electron chi connectivity index (χ3n) is 3.00. The number of hydrogen-bond acceptors (Lipinski definition) is 2. The molecule has 0 aliphatic heterocycles. The fourth-order valence-corrected chi connectivity index (χ4v) is 2.78. The maximum absolute atomic E-state index is 6.08. The van der Waals surface area contributed by atoms with E-state index in [2.05, 4.69) is 48.7 Å². The second-order valence-electron chi connectivity index (χ2n) is 4.25. The van der Waals surface area contributed by atoms with Gasteiger partial charge in [0.25, 0.3) is 0 Å². The Morgan fingerprint density at radius 3 is 2.61 bits per heavy atom. The molecule has 0 amide bonds. The van der Waals surface area contributed by atoms with Crippen LogP contribution >= 0.6 is 11.3 Å². The molecule has 1 heterocycles. The second kappa shape index (κ2) is 4.83. The quantitative estimate of drug-likeness (QED) is 0.636. The lowest BCUT2D eigenvalue weighted by Crippen LogP contribution is -2.01. The number of ether oxygens (including phenoxy) is 1. The van der Waals surface area contributed by atoms with Crippen LogP contribution in [0.1, 0.15) is 17.9 Å². The molecule has 0 fully saturated rings. The summed E-state index contributed by atoms with van der Waals surface area (Å²) in [5.41, 5.74) is 0. The van der Waals surface area contributed by atoms with Crippen LogP contribution in [0.3, 0.4) is 0 Å². The Hall–Kier alpha value is -1.80. The molecule has 0 aliphatic carbocycles. The Kier molecular flexibility index (Phi) is 3.03. The Morgan fingerprint density at radius 1 is 0.944 bits per heavy atom. The summed E-state index contributed by atoms with van der Waals surface area (Å²) in [6, 6.07) is 18.7. The molecule has 0 saturated heterocycles. The lowest BCUT2D eigenvalue weighted by atomic mass is 10.1. The monoisotopic (exact) mass is 254 g/mol. The van der Waals surface area contributed by atoms with Gasteiger partial charge in [0, 0.05) is 10.3 Å². The van der Waals surface area contributed by atoms with E-state index >= 15 is 0 Å². The highest BCUT2D eigenvalue weighted by Gasteiger charge is 2.09. The standard InChI is InChI=1S/C16H14OS/c1-12(16-10-5-11-18-16)17-15-9-4-7-13-6-2-3-8-14(13)15/h2-12H,1H3. The molecule has 3 aromatic rings. The summed E-state index contributed by atoms with van der Waals surface area (Å²) in [6.45, 7) is 2.09. The van der Waals surface area contributed by atoms with E-state index in [1.165, 1.54) is 15.6 Å². The van der Waals surface area contributed by atoms with Gasteiger partial charge in [-0.25, -0.2) is 0 Å². The third kappa shape index (κ3) is 2.12. The minimum absolute atomic E-state index is 0.0933. The summed E-state index contributed by atoms with van der Waals surface area (Å²) >= 11 is 1.73. The summed E-state index contributed by atoms with van der Waals surface area (Å²) in [7, 11) is 0. The van der Waals surface area contributed by atoms with E-state index in [1.54, 1.807) is 11.3 Å². The molecule has 1 atom stereocenters. The Bertz CT molecular complexity index is 638. The number of benzene rings is 2. The van der Waals surface area contributed by atoms with Gasteiger partial charge in [0.05, 0.1) is 0 Å². The van der Waals surface area contributed by atoms with Crippen molar-refractivity contribution in [1.82, 2.24) is 0 Å². The topological polar surface area (TPSA) is 9.23 Å². The summed E-state index contributed by atoms with van der Waals surface area (Å²) in [6.07, 6.45) is 0.0933. The number of rotatable bonds is 3. The van der Waals surface area contributed by atoms with Crippen molar-refractivity contribution in [3.8, 4) is 5.75 Å². The summed E-state index contributed by atoms with van der Waals surface area (Å²) < 4.78 is 6.08. The van der Waals surface area contributed by atoms with E-state index in [0.29, 0.717) is 0 Å². The van der Waals surface area contributed by atoms with E-state index < -0.39 is 0 Å². The number of fused-ring (bicyclic) bond motifs is 1. The average molecular weight is 254 g/mol. The summed E-state index contributed by atoms with van der Waals surface area (Å²) in [4.78, 5) is 1.25. The normalized spacial score (nSPS) is 12.5. The SMILES string of the molecule is CC(Oc1cccc2ccccc12)c1cccs1. The predicted molar refractivity (Wildman–Crippen MR) is 77.3 cm³/mol. The van der Waals surface area contributed by atoms with Gasteiger partial charge in [-0.1, -0.05) is 42.5 Å². The van der Waals surface area contributed by atoms with Gasteiger partial charge in [-0.3, -0.25) is 0 Å². The lowest BCUT2D eigenvalue weighted by molar-refractivity contribution is 0.234. The van der Waals surface area contributed by atoms with Crippen molar-refractivity contribution in [2.24, 2.45) is 0 Å². The molecule has 0 saturated carbocycles. The molecule has 0 bridgehead atoms. The Morgan fingerprint density at radius 2 is 1.78 bits per heavy atom. The van der Waals surface area contributed by atoms with Gasteiger partial charge in [-0.2, -0.15) is 0 Å². The highest BCUT2D eigenvalue weighted by molar-refractivity contribution is 7.10. The summed E-state index contributed by atoms with van der Waals surface area (Å²) in [5, 5.41) is 4.47. The van der Waals surface area contributed by atoms with Crippen molar-refractivity contribution in [3.63, 3.8) is 0 Å². The van der Waals surface area contributed by atoms with E-state index in [4.69, 9.17) is 4.74 Å². The molecule has 1 aromatic heterocycles. The molecule has 90 valence electrons. The maximum atomic E-state index is 6.08. The highest BCUT2D eigenvalue weighted by Crippen LogP contribution is 2.30. The van der Waals surface area contributed by atoms with Gasteiger partial charge in [0.1, 0.15) is 11.9 Å². The smallest absolute Gasteiger partial charge is 0.130 e. The van der Waals surface area contributed by atoms with Gasteiger partial charge >= 0.3 is 0 Å². The van der Waals surface area contributed by atoms with Crippen molar-refractivity contribution in [2.45, 2.75) is 13.0 Å². The van der Waals surface area contributed by atoms with Gasteiger partial charge in [-0.05, 0) is 29.8 Å². The maximum Gasteiger partial charge on any atom is 0.130 e. The fourth-order valence-electron chi connectivity index (χ4n) is 2.07. The fraction of sp³-hybridized carbons (Fsp3) is 0.125. The van der Waals surface area contributed by atoms with Gasteiger partial charge in [-0.15, -0.1) is 11.3 Å². The van der Waals surface area contributed by atoms with Crippen LogP contribution in [0.25, 0.3) is 10.8 Å². The minimum Gasteiger partial charge on any atom is -0.485 e. The first kappa shape index (κ1) is 11.3. The number of hydrogen-bond donors (Lipinski definition) is 0. The molecule has 0 spiro atoms. The van der Waals surface area contributed by atoms with Crippen molar-refractivity contribution in [1.29, 1.82) is 0 Å². The van der Waals surface area contributed by atoms with Crippen LogP contribution in [0.4, 0.5) is 0 Å². The predicted octanol–water partition coefficient (Wildman–Crippen LogP) is 5.04. The first-order valence-corrected chi connectivity index (χ1v) is 6.90. The average Bonchev–Trinajstić information content (AvgIpc) is 2.93. The zero-order valence-corrected chi connectivity index (χ0v) is 11.0. The molecular weight excluding hydrogens is 240 g/mol.